The summed E-state index contributed by atoms with van der Waals surface area (Å²) in [4.78, 5) is 19.5. The molecule has 2 heterocycles. The number of carbonyl (C=O) groups is 1. The van der Waals surface area contributed by atoms with E-state index in [1.54, 1.807) is 0 Å². The van der Waals surface area contributed by atoms with Gasteiger partial charge in [0, 0.05) is 31.1 Å². The third-order valence-corrected chi connectivity index (χ3v) is 5.22. The molecule has 0 spiro atoms. The Balaban J connectivity index is 1.68. The number of aromatic nitrogens is 2. The second kappa shape index (κ2) is 6.94. The van der Waals surface area contributed by atoms with E-state index in [0.717, 1.165) is 36.4 Å². The summed E-state index contributed by atoms with van der Waals surface area (Å²) in [6.45, 7) is 5.93. The van der Waals surface area contributed by atoms with Crippen LogP contribution in [-0.2, 0) is 11.3 Å². The quantitative estimate of drug-likeness (QED) is 0.673. The normalized spacial score (nSPS) is 17.4. The first-order chi connectivity index (χ1) is 12.7. The van der Waals surface area contributed by atoms with Gasteiger partial charge in [-0.3, -0.25) is 4.79 Å². The topological polar surface area (TPSA) is 38.1 Å². The van der Waals surface area contributed by atoms with E-state index in [1.807, 2.05) is 23.1 Å². The van der Waals surface area contributed by atoms with Crippen molar-refractivity contribution in [3.05, 3.63) is 59.9 Å². The highest BCUT2D eigenvalue weighted by Gasteiger charge is 2.34. The molecule has 0 saturated carbocycles. The van der Waals surface area contributed by atoms with Crippen LogP contribution in [0.3, 0.4) is 0 Å². The van der Waals surface area contributed by atoms with Crippen LogP contribution in [0.1, 0.15) is 43.5 Å². The minimum absolute atomic E-state index is 0.146. The van der Waals surface area contributed by atoms with Crippen LogP contribution in [0.15, 0.2) is 48.5 Å². The second-order valence-corrected chi connectivity index (χ2v) is 7.21. The van der Waals surface area contributed by atoms with E-state index in [4.69, 9.17) is 4.98 Å². The van der Waals surface area contributed by atoms with Crippen LogP contribution < -0.4 is 4.90 Å². The van der Waals surface area contributed by atoms with E-state index in [2.05, 4.69) is 48.7 Å². The summed E-state index contributed by atoms with van der Waals surface area (Å²) < 4.78 is 2.33. The molecule has 1 aliphatic heterocycles. The summed E-state index contributed by atoms with van der Waals surface area (Å²) in [6.07, 6.45) is 2.80. The van der Waals surface area contributed by atoms with Crippen molar-refractivity contribution in [2.45, 2.75) is 45.6 Å². The minimum Gasteiger partial charge on any atom is -0.328 e. The van der Waals surface area contributed by atoms with Crippen LogP contribution in [-0.4, -0.2) is 22.0 Å². The minimum atomic E-state index is 0.146. The predicted octanol–water partition coefficient (Wildman–Crippen LogP) is 4.67. The van der Waals surface area contributed by atoms with E-state index in [0.29, 0.717) is 13.0 Å². The number of para-hydroxylation sites is 2. The van der Waals surface area contributed by atoms with Gasteiger partial charge in [0.25, 0.3) is 0 Å². The number of fused-ring (bicyclic) bond motifs is 1. The lowest BCUT2D eigenvalue weighted by molar-refractivity contribution is -0.117. The maximum Gasteiger partial charge on any atom is 0.227 e. The molecule has 1 aromatic heterocycles. The number of hydrogen-bond acceptors (Lipinski definition) is 2. The monoisotopic (exact) mass is 347 g/mol. The van der Waals surface area contributed by atoms with Crippen molar-refractivity contribution in [2.75, 3.05) is 11.4 Å². The van der Waals surface area contributed by atoms with Gasteiger partial charge in [-0.25, -0.2) is 4.98 Å². The van der Waals surface area contributed by atoms with Gasteiger partial charge in [0.1, 0.15) is 5.82 Å². The Morgan fingerprint density at radius 1 is 1.15 bits per heavy atom. The fourth-order valence-corrected chi connectivity index (χ4v) is 3.88. The largest absolute Gasteiger partial charge is 0.328 e. The maximum absolute atomic E-state index is 12.7. The molecule has 134 valence electrons. The summed E-state index contributed by atoms with van der Waals surface area (Å²) in [7, 11) is 0. The van der Waals surface area contributed by atoms with Crippen molar-refractivity contribution < 1.29 is 4.79 Å². The molecule has 2 aromatic carbocycles. The van der Waals surface area contributed by atoms with Crippen LogP contribution >= 0.6 is 0 Å². The molecule has 1 fully saturated rings. The molecule has 4 nitrogen and oxygen atoms in total. The number of hydrogen-bond donors (Lipinski definition) is 0. The van der Waals surface area contributed by atoms with E-state index in [-0.39, 0.29) is 11.8 Å². The first-order valence-electron chi connectivity index (χ1n) is 9.49. The fourth-order valence-electron chi connectivity index (χ4n) is 3.88. The molecule has 0 aliphatic carbocycles. The van der Waals surface area contributed by atoms with Crippen molar-refractivity contribution in [1.29, 1.82) is 0 Å². The zero-order valence-corrected chi connectivity index (χ0v) is 15.5. The predicted molar refractivity (Wildman–Crippen MR) is 106 cm³/mol. The molecule has 3 aromatic rings. The molecular formula is C22H25N3O. The number of rotatable bonds is 5. The Bertz CT molecular complexity index is 943. The first-order valence-corrected chi connectivity index (χ1v) is 9.49. The number of anilines is 1. The summed E-state index contributed by atoms with van der Waals surface area (Å²) in [5.74, 6) is 1.39. The van der Waals surface area contributed by atoms with E-state index >= 15 is 0 Å². The lowest BCUT2D eigenvalue weighted by Crippen LogP contribution is -2.24. The summed E-state index contributed by atoms with van der Waals surface area (Å²) in [5.41, 5.74) is 4.38. The van der Waals surface area contributed by atoms with Crippen molar-refractivity contribution in [2.24, 2.45) is 0 Å². The molecule has 1 unspecified atom stereocenters. The molecule has 1 saturated heterocycles. The Hall–Kier alpha value is -2.62. The van der Waals surface area contributed by atoms with Gasteiger partial charge in [0.15, 0.2) is 0 Å². The molecule has 1 atom stereocenters. The van der Waals surface area contributed by atoms with Gasteiger partial charge in [-0.2, -0.15) is 0 Å². The molecule has 4 rings (SSSR count). The van der Waals surface area contributed by atoms with Crippen molar-refractivity contribution >= 4 is 22.6 Å². The zero-order valence-electron chi connectivity index (χ0n) is 15.5. The molecule has 1 amide bonds. The van der Waals surface area contributed by atoms with Gasteiger partial charge in [0.2, 0.25) is 5.91 Å². The van der Waals surface area contributed by atoms with Crippen LogP contribution in [0.25, 0.3) is 11.0 Å². The first kappa shape index (κ1) is 16.8. The average molecular weight is 347 g/mol. The standard InChI is InChI=1S/C22H25N3O/c1-3-4-12-24-20-11-6-5-10-19(20)23-22(24)17-14-21(26)25(15-17)18-9-7-8-16(2)13-18/h5-11,13,17H,3-4,12,14-15H2,1-2H3. The highest BCUT2D eigenvalue weighted by molar-refractivity contribution is 5.96. The van der Waals surface area contributed by atoms with E-state index in [1.165, 1.54) is 11.1 Å². The average Bonchev–Trinajstić information content (AvgIpc) is 3.20. The number of unbranched alkanes of at least 4 members (excludes halogenated alkanes) is 1. The summed E-state index contributed by atoms with van der Waals surface area (Å²) in [5, 5.41) is 0. The highest BCUT2D eigenvalue weighted by Crippen LogP contribution is 2.33. The Kier molecular flexibility index (Phi) is 4.49. The number of nitrogens with zero attached hydrogens (tertiary/aromatic N) is 3. The number of benzene rings is 2. The Morgan fingerprint density at radius 2 is 2.00 bits per heavy atom. The maximum atomic E-state index is 12.7. The molecular weight excluding hydrogens is 322 g/mol. The number of carbonyl (C=O) groups excluding carboxylic acids is 1. The van der Waals surface area contributed by atoms with Crippen LogP contribution in [0.4, 0.5) is 5.69 Å². The van der Waals surface area contributed by atoms with Gasteiger partial charge < -0.3 is 9.47 Å². The second-order valence-electron chi connectivity index (χ2n) is 7.21. The zero-order chi connectivity index (χ0) is 18.1. The Morgan fingerprint density at radius 3 is 2.81 bits per heavy atom. The summed E-state index contributed by atoms with van der Waals surface area (Å²) in [6, 6.07) is 16.5. The third kappa shape index (κ3) is 3.00. The van der Waals surface area contributed by atoms with E-state index < -0.39 is 0 Å². The number of amides is 1. The van der Waals surface area contributed by atoms with Crippen molar-refractivity contribution in [1.82, 2.24) is 9.55 Å². The van der Waals surface area contributed by atoms with Gasteiger partial charge in [-0.1, -0.05) is 37.6 Å². The van der Waals surface area contributed by atoms with Crippen molar-refractivity contribution in [3.8, 4) is 0 Å². The number of imidazole rings is 1. The smallest absolute Gasteiger partial charge is 0.227 e. The van der Waals surface area contributed by atoms with Crippen LogP contribution in [0.5, 0.6) is 0 Å². The molecule has 0 bridgehead atoms. The van der Waals surface area contributed by atoms with Gasteiger partial charge in [-0.05, 0) is 43.2 Å². The van der Waals surface area contributed by atoms with Gasteiger partial charge >= 0.3 is 0 Å². The Labute approximate surface area is 154 Å². The fraction of sp³-hybridized carbons (Fsp3) is 0.364. The molecule has 0 radical (unpaired) electrons. The molecule has 1 aliphatic rings. The number of aryl methyl sites for hydroxylation is 2. The molecule has 0 N–H and O–H groups in total. The van der Waals surface area contributed by atoms with E-state index in [9.17, 15) is 4.79 Å². The van der Waals surface area contributed by atoms with Crippen molar-refractivity contribution in [3.63, 3.8) is 0 Å². The molecule has 4 heteroatoms. The summed E-state index contributed by atoms with van der Waals surface area (Å²) >= 11 is 0. The third-order valence-electron chi connectivity index (χ3n) is 5.22. The lowest BCUT2D eigenvalue weighted by Gasteiger charge is -2.18. The van der Waals surface area contributed by atoms with Crippen LogP contribution in [0, 0.1) is 6.92 Å². The van der Waals surface area contributed by atoms with Gasteiger partial charge in [-0.15, -0.1) is 0 Å². The lowest BCUT2D eigenvalue weighted by atomic mass is 10.1. The molecule has 26 heavy (non-hydrogen) atoms. The highest BCUT2D eigenvalue weighted by atomic mass is 16.2. The van der Waals surface area contributed by atoms with Gasteiger partial charge in [0.05, 0.1) is 11.0 Å². The SMILES string of the molecule is CCCCn1c(C2CC(=O)N(c3cccc(C)c3)C2)nc2ccccc21. The van der Waals surface area contributed by atoms with Crippen LogP contribution in [0.2, 0.25) is 0 Å².